The molecule has 0 aliphatic carbocycles. The number of benzene rings is 1. The number of rotatable bonds is 1. The smallest absolute Gasteiger partial charge is 0.0661 e. The van der Waals surface area contributed by atoms with Gasteiger partial charge in [-0.3, -0.25) is 0 Å². The summed E-state index contributed by atoms with van der Waals surface area (Å²) in [4.78, 5) is 0. The highest BCUT2D eigenvalue weighted by molar-refractivity contribution is 9.10. The zero-order chi connectivity index (χ0) is 10.7. The van der Waals surface area contributed by atoms with Gasteiger partial charge in [-0.1, -0.05) is 27.5 Å². The molecular formula is C11H13BrClNO. The second kappa shape index (κ2) is 5.30. The van der Waals surface area contributed by atoms with Crippen LogP contribution in [0.25, 0.3) is 0 Å². The maximum absolute atomic E-state index is 6.01. The Morgan fingerprint density at radius 3 is 3.07 bits per heavy atom. The van der Waals surface area contributed by atoms with E-state index in [1.54, 1.807) is 0 Å². The average molecular weight is 291 g/mol. The van der Waals surface area contributed by atoms with Gasteiger partial charge in [-0.15, -0.1) is 0 Å². The fourth-order valence-corrected chi connectivity index (χ4v) is 2.59. The van der Waals surface area contributed by atoms with Gasteiger partial charge in [0.25, 0.3) is 0 Å². The van der Waals surface area contributed by atoms with Crippen molar-refractivity contribution in [3.63, 3.8) is 0 Å². The van der Waals surface area contributed by atoms with Crippen molar-refractivity contribution in [1.29, 1.82) is 0 Å². The van der Waals surface area contributed by atoms with Gasteiger partial charge in [0.1, 0.15) is 0 Å². The number of nitrogens with one attached hydrogen (secondary N) is 1. The van der Waals surface area contributed by atoms with Crippen molar-refractivity contribution in [2.75, 3.05) is 19.8 Å². The lowest BCUT2D eigenvalue weighted by atomic mass is 10.1. The topological polar surface area (TPSA) is 21.3 Å². The fourth-order valence-electron chi connectivity index (χ4n) is 1.70. The van der Waals surface area contributed by atoms with Gasteiger partial charge in [0, 0.05) is 16.1 Å². The highest BCUT2D eigenvalue weighted by atomic mass is 79.9. The van der Waals surface area contributed by atoms with Gasteiger partial charge in [-0.2, -0.15) is 0 Å². The molecule has 1 atom stereocenters. The van der Waals surface area contributed by atoms with Gasteiger partial charge in [0.15, 0.2) is 0 Å². The second-order valence-electron chi connectivity index (χ2n) is 3.64. The SMILES string of the molecule is Clc1cc(Br)cc(C2COCCCN2)c1. The molecule has 0 radical (unpaired) electrons. The van der Waals surface area contributed by atoms with E-state index in [1.165, 1.54) is 5.56 Å². The van der Waals surface area contributed by atoms with E-state index < -0.39 is 0 Å². The van der Waals surface area contributed by atoms with Crippen molar-refractivity contribution in [1.82, 2.24) is 5.32 Å². The Labute approximate surface area is 103 Å². The van der Waals surface area contributed by atoms with Crippen LogP contribution in [0.15, 0.2) is 22.7 Å². The van der Waals surface area contributed by atoms with E-state index in [1.807, 2.05) is 12.1 Å². The molecule has 1 unspecified atom stereocenters. The Morgan fingerprint density at radius 1 is 1.40 bits per heavy atom. The number of hydrogen-bond acceptors (Lipinski definition) is 2. The maximum Gasteiger partial charge on any atom is 0.0661 e. The minimum Gasteiger partial charge on any atom is -0.379 e. The molecule has 1 aliphatic rings. The van der Waals surface area contributed by atoms with E-state index in [4.69, 9.17) is 16.3 Å². The third-order valence-corrected chi connectivity index (χ3v) is 3.10. The number of halogens is 2. The highest BCUT2D eigenvalue weighted by Crippen LogP contribution is 2.24. The first-order valence-corrected chi connectivity index (χ1v) is 6.20. The van der Waals surface area contributed by atoms with Gasteiger partial charge in [-0.25, -0.2) is 0 Å². The summed E-state index contributed by atoms with van der Waals surface area (Å²) in [6, 6.07) is 6.21. The van der Waals surface area contributed by atoms with Crippen LogP contribution >= 0.6 is 27.5 Å². The summed E-state index contributed by atoms with van der Waals surface area (Å²) in [5, 5.41) is 4.20. The molecule has 1 aromatic carbocycles. The molecule has 82 valence electrons. The van der Waals surface area contributed by atoms with E-state index in [2.05, 4.69) is 27.3 Å². The molecule has 0 bridgehead atoms. The average Bonchev–Trinajstić information content (AvgIpc) is 2.43. The van der Waals surface area contributed by atoms with Crippen molar-refractivity contribution in [2.24, 2.45) is 0 Å². The molecular weight excluding hydrogens is 277 g/mol. The van der Waals surface area contributed by atoms with Crippen LogP contribution in [0, 0.1) is 0 Å². The molecule has 1 fully saturated rings. The Morgan fingerprint density at radius 2 is 2.27 bits per heavy atom. The maximum atomic E-state index is 6.01. The normalized spacial score (nSPS) is 22.4. The van der Waals surface area contributed by atoms with Crippen molar-refractivity contribution >= 4 is 27.5 Å². The summed E-state index contributed by atoms with van der Waals surface area (Å²) in [5.74, 6) is 0. The monoisotopic (exact) mass is 289 g/mol. The zero-order valence-corrected chi connectivity index (χ0v) is 10.6. The van der Waals surface area contributed by atoms with Gasteiger partial charge in [0.2, 0.25) is 0 Å². The van der Waals surface area contributed by atoms with Crippen LogP contribution in [0.5, 0.6) is 0 Å². The van der Waals surface area contributed by atoms with Crippen molar-refractivity contribution in [3.05, 3.63) is 33.3 Å². The van der Waals surface area contributed by atoms with Crippen LogP contribution in [0.1, 0.15) is 18.0 Å². The van der Waals surface area contributed by atoms with Gasteiger partial charge in [-0.05, 0) is 36.7 Å². The lowest BCUT2D eigenvalue weighted by Gasteiger charge is -2.16. The standard InChI is InChI=1S/C11H13BrClNO/c12-9-4-8(5-10(13)6-9)11-7-15-3-1-2-14-11/h4-6,11,14H,1-3,7H2. The molecule has 1 N–H and O–H groups in total. The lowest BCUT2D eigenvalue weighted by molar-refractivity contribution is 0.131. The quantitative estimate of drug-likeness (QED) is 0.858. The van der Waals surface area contributed by atoms with Gasteiger partial charge in [0.05, 0.1) is 12.6 Å². The van der Waals surface area contributed by atoms with Crippen molar-refractivity contribution in [2.45, 2.75) is 12.5 Å². The molecule has 1 aliphatic heterocycles. The number of ether oxygens (including phenoxy) is 1. The molecule has 1 aromatic rings. The third kappa shape index (κ3) is 3.18. The van der Waals surface area contributed by atoms with Crippen LogP contribution in [0.2, 0.25) is 5.02 Å². The van der Waals surface area contributed by atoms with E-state index in [0.717, 1.165) is 29.1 Å². The molecule has 1 heterocycles. The summed E-state index contributed by atoms with van der Waals surface area (Å²) < 4.78 is 6.53. The molecule has 0 aromatic heterocycles. The molecule has 2 rings (SSSR count). The Balaban J connectivity index is 2.19. The molecule has 1 saturated heterocycles. The summed E-state index contributed by atoms with van der Waals surface area (Å²) in [6.07, 6.45) is 1.07. The van der Waals surface area contributed by atoms with E-state index in [-0.39, 0.29) is 6.04 Å². The van der Waals surface area contributed by atoms with Gasteiger partial charge >= 0.3 is 0 Å². The summed E-state index contributed by atoms with van der Waals surface area (Å²) in [5.41, 5.74) is 1.18. The van der Waals surface area contributed by atoms with Crippen LogP contribution in [0.3, 0.4) is 0 Å². The van der Waals surface area contributed by atoms with Crippen LogP contribution < -0.4 is 5.32 Å². The highest BCUT2D eigenvalue weighted by Gasteiger charge is 2.14. The minimum absolute atomic E-state index is 0.252. The van der Waals surface area contributed by atoms with Crippen molar-refractivity contribution < 1.29 is 4.74 Å². The van der Waals surface area contributed by atoms with E-state index in [0.29, 0.717) is 6.61 Å². The number of hydrogen-bond donors (Lipinski definition) is 1. The minimum atomic E-state index is 0.252. The molecule has 0 spiro atoms. The summed E-state index contributed by atoms with van der Waals surface area (Å²) in [6.45, 7) is 2.55. The van der Waals surface area contributed by atoms with Crippen LogP contribution in [-0.4, -0.2) is 19.8 Å². The van der Waals surface area contributed by atoms with Gasteiger partial charge < -0.3 is 10.1 Å². The van der Waals surface area contributed by atoms with Crippen molar-refractivity contribution in [3.8, 4) is 0 Å². The van der Waals surface area contributed by atoms with Crippen LogP contribution in [0.4, 0.5) is 0 Å². The van der Waals surface area contributed by atoms with E-state index in [9.17, 15) is 0 Å². The predicted molar refractivity (Wildman–Crippen MR) is 65.3 cm³/mol. The first kappa shape index (κ1) is 11.4. The molecule has 15 heavy (non-hydrogen) atoms. The first-order chi connectivity index (χ1) is 7.25. The summed E-state index contributed by atoms with van der Waals surface area (Å²) in [7, 11) is 0. The lowest BCUT2D eigenvalue weighted by Crippen LogP contribution is -2.23. The predicted octanol–water partition coefficient (Wildman–Crippen LogP) is 3.15. The Bertz CT molecular complexity index is 317. The second-order valence-corrected chi connectivity index (χ2v) is 4.99. The molecule has 0 saturated carbocycles. The third-order valence-electron chi connectivity index (χ3n) is 2.43. The Kier molecular flexibility index (Phi) is 4.03. The fraction of sp³-hybridized carbons (Fsp3) is 0.455. The molecule has 2 nitrogen and oxygen atoms in total. The largest absolute Gasteiger partial charge is 0.379 e. The molecule has 4 heteroatoms. The first-order valence-electron chi connectivity index (χ1n) is 5.03. The zero-order valence-electron chi connectivity index (χ0n) is 8.30. The molecule has 0 amide bonds. The van der Waals surface area contributed by atoms with Crippen LogP contribution in [-0.2, 0) is 4.74 Å². The van der Waals surface area contributed by atoms with E-state index >= 15 is 0 Å². The summed E-state index contributed by atoms with van der Waals surface area (Å²) >= 11 is 9.46. The Hall–Kier alpha value is -0.0900.